The van der Waals surface area contributed by atoms with Crippen molar-refractivity contribution >= 4 is 23.6 Å². The first kappa shape index (κ1) is 40.2. The number of esters is 2. The van der Waals surface area contributed by atoms with Crippen LogP contribution in [0, 0.1) is 5.92 Å². The summed E-state index contributed by atoms with van der Waals surface area (Å²) in [6.45, 7) is 1.81. The van der Waals surface area contributed by atoms with Gasteiger partial charge in [-0.3, -0.25) is 9.59 Å². The maximum absolute atomic E-state index is 13.8. The lowest BCUT2D eigenvalue weighted by molar-refractivity contribution is -0.149. The van der Waals surface area contributed by atoms with Gasteiger partial charge in [0.2, 0.25) is 5.95 Å². The Morgan fingerprint density at radius 2 is 1.44 bits per heavy atom. The number of carbonyl (C=O) groups is 2. The number of nitrogens with zero attached hydrogens (tertiary/aromatic N) is 3. The Balaban J connectivity index is 1.66. The van der Waals surface area contributed by atoms with Crippen molar-refractivity contribution in [2.75, 3.05) is 43.1 Å². The quantitative estimate of drug-likeness (QED) is 0.131. The summed E-state index contributed by atoms with van der Waals surface area (Å²) in [6, 6.07) is 3.65. The van der Waals surface area contributed by atoms with Crippen LogP contribution in [-0.2, 0) is 57.1 Å². The monoisotopic (exact) mass is 749 g/mol. The molecule has 0 amide bonds. The lowest BCUT2D eigenvalue weighted by Crippen LogP contribution is -2.33. The molecule has 1 aliphatic rings. The van der Waals surface area contributed by atoms with Crippen molar-refractivity contribution in [1.29, 1.82) is 0 Å². The van der Waals surface area contributed by atoms with E-state index in [4.69, 9.17) is 9.47 Å². The zero-order valence-electron chi connectivity index (χ0n) is 27.9. The van der Waals surface area contributed by atoms with Crippen LogP contribution in [0.25, 0.3) is 0 Å². The average Bonchev–Trinajstić information content (AvgIpc) is 3.08. The van der Waals surface area contributed by atoms with Crippen LogP contribution in [0.3, 0.4) is 0 Å². The molecule has 284 valence electrons. The summed E-state index contributed by atoms with van der Waals surface area (Å²) in [4.78, 5) is 33.8. The highest BCUT2D eigenvalue weighted by Gasteiger charge is 2.37. The molecule has 0 spiro atoms. The molecule has 2 N–H and O–H groups in total. The number of carbonyl (C=O) groups excluding carboxylic acids is 2. The highest BCUT2D eigenvalue weighted by Crippen LogP contribution is 2.37. The average molecular weight is 750 g/mol. The van der Waals surface area contributed by atoms with Gasteiger partial charge in [-0.05, 0) is 85.9 Å². The second-order valence-electron chi connectivity index (χ2n) is 12.0. The summed E-state index contributed by atoms with van der Waals surface area (Å²) in [6.07, 6.45) is -11.2. The molecule has 1 aromatic heterocycles. The lowest BCUT2D eigenvalue weighted by Gasteiger charge is -2.26. The van der Waals surface area contributed by atoms with E-state index in [1.165, 1.54) is 12.4 Å². The number of benzene rings is 2. The highest BCUT2D eigenvalue weighted by molar-refractivity contribution is 5.72. The van der Waals surface area contributed by atoms with Gasteiger partial charge in [0.1, 0.15) is 0 Å². The number of nitrogens with one attached hydrogen (secondary N) is 2. The van der Waals surface area contributed by atoms with Gasteiger partial charge in [0.05, 0.1) is 42.2 Å². The van der Waals surface area contributed by atoms with Crippen LogP contribution in [-0.4, -0.2) is 54.8 Å². The number of aromatic nitrogens is 2. The predicted molar refractivity (Wildman–Crippen MR) is 170 cm³/mol. The fourth-order valence-corrected chi connectivity index (χ4v) is 5.42. The molecule has 1 saturated heterocycles. The molecule has 0 unspecified atom stereocenters. The van der Waals surface area contributed by atoms with E-state index in [1.54, 1.807) is 6.92 Å². The first-order valence-corrected chi connectivity index (χ1v) is 16.2. The first-order valence-electron chi connectivity index (χ1n) is 16.2. The van der Waals surface area contributed by atoms with E-state index in [2.05, 4.69) is 20.6 Å². The fourth-order valence-electron chi connectivity index (χ4n) is 5.42. The molecule has 3 aromatic rings. The van der Waals surface area contributed by atoms with E-state index in [1.807, 2.05) is 0 Å². The zero-order chi connectivity index (χ0) is 38.1. The third-order valence-corrected chi connectivity index (χ3v) is 8.05. The number of rotatable bonds is 14. The van der Waals surface area contributed by atoms with Crippen LogP contribution in [0.2, 0.25) is 0 Å². The van der Waals surface area contributed by atoms with Crippen molar-refractivity contribution in [3.8, 4) is 0 Å². The Labute approximate surface area is 292 Å². The molecule has 2 aromatic carbocycles. The van der Waals surface area contributed by atoms with Gasteiger partial charge < -0.3 is 25.0 Å². The van der Waals surface area contributed by atoms with Gasteiger partial charge in [0.25, 0.3) is 0 Å². The summed E-state index contributed by atoms with van der Waals surface area (Å²) in [5.74, 6) is -1.39. The maximum Gasteiger partial charge on any atom is 0.416 e. The molecule has 0 bridgehead atoms. The van der Waals surface area contributed by atoms with Gasteiger partial charge in [-0.25, -0.2) is 9.97 Å². The van der Waals surface area contributed by atoms with Crippen molar-refractivity contribution in [2.24, 2.45) is 5.92 Å². The fraction of sp³-hybridized carbons (Fsp3) is 0.471. The van der Waals surface area contributed by atoms with Gasteiger partial charge in [-0.2, -0.15) is 39.5 Å². The largest absolute Gasteiger partial charge is 0.466 e. The van der Waals surface area contributed by atoms with Gasteiger partial charge in [-0.1, -0.05) is 0 Å². The number of anilines is 2. The third kappa shape index (κ3) is 11.7. The van der Waals surface area contributed by atoms with Crippen molar-refractivity contribution < 1.29 is 58.6 Å². The number of hydrogen-bond donors (Lipinski definition) is 2. The highest BCUT2D eigenvalue weighted by atomic mass is 19.4. The minimum Gasteiger partial charge on any atom is -0.466 e. The molecule has 0 radical (unpaired) electrons. The standard InChI is InChI=1S/C34H36F9N5O4/c1-2-51-29(49)7-11-45-28-4-3-25(32(35,36)37)15-24(28)20-48(19-22-13-26(33(38,39)40)16-27(14-22)34(41,42)43)31-46-17-21(18-47-31)8-12-52-30(50)23-5-9-44-10-6-23/h3-4,13-18,23,44-45H,2,5-12,19-20H2,1H3. The Bertz CT molecular complexity index is 1630. The van der Waals surface area contributed by atoms with Gasteiger partial charge in [0, 0.05) is 44.1 Å². The van der Waals surface area contributed by atoms with E-state index >= 15 is 0 Å². The molecule has 2 heterocycles. The first-order chi connectivity index (χ1) is 24.4. The molecular weight excluding hydrogens is 713 g/mol. The molecule has 0 saturated carbocycles. The van der Waals surface area contributed by atoms with Crippen molar-refractivity contribution in [2.45, 2.75) is 64.2 Å². The Morgan fingerprint density at radius 3 is 2.02 bits per heavy atom. The summed E-state index contributed by atoms with van der Waals surface area (Å²) >= 11 is 0. The second kappa shape index (κ2) is 17.3. The molecule has 9 nitrogen and oxygen atoms in total. The van der Waals surface area contributed by atoms with E-state index in [0.29, 0.717) is 43.6 Å². The summed E-state index contributed by atoms with van der Waals surface area (Å²) < 4.78 is 134. The summed E-state index contributed by atoms with van der Waals surface area (Å²) in [5.41, 5.74) is -4.19. The van der Waals surface area contributed by atoms with Crippen molar-refractivity contribution in [3.05, 3.63) is 82.2 Å². The zero-order valence-corrected chi connectivity index (χ0v) is 27.9. The molecule has 4 rings (SSSR count). The normalized spacial score (nSPS) is 14.2. The molecule has 1 fully saturated rings. The van der Waals surface area contributed by atoms with E-state index in [9.17, 15) is 49.1 Å². The summed E-state index contributed by atoms with van der Waals surface area (Å²) in [5, 5.41) is 5.99. The Kier molecular flexibility index (Phi) is 13.3. The van der Waals surface area contributed by atoms with Crippen LogP contribution < -0.4 is 15.5 Å². The van der Waals surface area contributed by atoms with Crippen LogP contribution in [0.1, 0.15) is 59.6 Å². The van der Waals surface area contributed by atoms with Crippen LogP contribution in [0.4, 0.5) is 51.1 Å². The Hall–Kier alpha value is -4.61. The molecule has 52 heavy (non-hydrogen) atoms. The lowest BCUT2D eigenvalue weighted by atomic mass is 9.99. The SMILES string of the molecule is CCOC(=O)CCNc1ccc(C(F)(F)F)cc1CN(Cc1cc(C(F)(F)F)cc(C(F)(F)F)c1)c1ncc(CCOC(=O)C2CCNCC2)cn1. The van der Waals surface area contributed by atoms with E-state index < -0.39 is 59.8 Å². The third-order valence-electron chi connectivity index (χ3n) is 8.05. The number of alkyl halides is 9. The minimum atomic E-state index is -5.15. The number of halogens is 9. The minimum absolute atomic E-state index is 0.00923. The number of piperidine rings is 1. The molecule has 18 heteroatoms. The molecule has 0 aliphatic carbocycles. The van der Waals surface area contributed by atoms with Gasteiger partial charge >= 0.3 is 30.5 Å². The smallest absolute Gasteiger partial charge is 0.416 e. The van der Waals surface area contributed by atoms with Gasteiger partial charge in [-0.15, -0.1) is 0 Å². The molecular formula is C34H36F9N5O4. The van der Waals surface area contributed by atoms with Crippen LogP contribution >= 0.6 is 0 Å². The Morgan fingerprint density at radius 1 is 0.827 bits per heavy atom. The summed E-state index contributed by atoms with van der Waals surface area (Å²) in [7, 11) is 0. The maximum atomic E-state index is 13.8. The molecule has 0 atom stereocenters. The topological polar surface area (TPSA) is 106 Å². The van der Waals surface area contributed by atoms with Gasteiger partial charge in [0.15, 0.2) is 0 Å². The number of ether oxygens (including phenoxy) is 2. The van der Waals surface area contributed by atoms with E-state index in [-0.39, 0.29) is 67.8 Å². The van der Waals surface area contributed by atoms with Crippen LogP contribution in [0.5, 0.6) is 0 Å². The predicted octanol–water partition coefficient (Wildman–Crippen LogP) is 7.19. The van der Waals surface area contributed by atoms with Crippen molar-refractivity contribution in [3.63, 3.8) is 0 Å². The van der Waals surface area contributed by atoms with Crippen molar-refractivity contribution in [1.82, 2.24) is 15.3 Å². The van der Waals surface area contributed by atoms with E-state index in [0.717, 1.165) is 23.1 Å². The molecule has 1 aliphatic heterocycles. The van der Waals surface area contributed by atoms with Crippen LogP contribution in [0.15, 0.2) is 48.8 Å². The second-order valence-corrected chi connectivity index (χ2v) is 12.0. The number of hydrogen-bond acceptors (Lipinski definition) is 9.